The summed E-state index contributed by atoms with van der Waals surface area (Å²) in [5.41, 5.74) is 8.74. The minimum Gasteiger partial charge on any atom is -0.341 e. The van der Waals surface area contributed by atoms with Gasteiger partial charge in [-0.25, -0.2) is 9.98 Å². The van der Waals surface area contributed by atoms with Crippen molar-refractivity contribution < 1.29 is 9.32 Å². The van der Waals surface area contributed by atoms with Crippen LogP contribution >= 0.6 is 0 Å². The maximum Gasteiger partial charge on any atom is 0.315 e. The zero-order valence-corrected chi connectivity index (χ0v) is 23.9. The first-order valence-electron chi connectivity index (χ1n) is 14.0. The molecule has 4 aromatic rings. The second-order valence-electron chi connectivity index (χ2n) is 12.1. The van der Waals surface area contributed by atoms with Gasteiger partial charge in [0.15, 0.2) is 11.6 Å². The monoisotopic (exact) mass is 537 g/mol. The van der Waals surface area contributed by atoms with E-state index in [1.54, 1.807) is 0 Å². The van der Waals surface area contributed by atoms with E-state index in [1.807, 2.05) is 37.8 Å². The van der Waals surface area contributed by atoms with Crippen LogP contribution < -0.4 is 5.32 Å². The third-order valence-corrected chi connectivity index (χ3v) is 7.83. The molecule has 40 heavy (non-hydrogen) atoms. The Labute approximate surface area is 234 Å². The summed E-state index contributed by atoms with van der Waals surface area (Å²) in [6.45, 7) is 12.3. The molecule has 1 aromatic carbocycles. The van der Waals surface area contributed by atoms with Crippen molar-refractivity contribution in [1.82, 2.24) is 30.2 Å². The molecule has 3 aromatic heterocycles. The number of nitrogens with zero attached hydrogens (tertiary/aromatic N) is 6. The maximum atomic E-state index is 13.0. The van der Waals surface area contributed by atoms with Gasteiger partial charge in [-0.3, -0.25) is 9.48 Å². The molecule has 1 aliphatic carbocycles. The van der Waals surface area contributed by atoms with Crippen molar-refractivity contribution >= 4 is 17.4 Å². The number of aryl methyl sites for hydroxylation is 1. The number of aromatic nitrogens is 5. The van der Waals surface area contributed by atoms with Gasteiger partial charge < -0.3 is 9.84 Å². The molecular weight excluding hydrogens is 502 g/mol. The molecule has 9 heteroatoms. The fraction of sp³-hybridized carbons (Fsp3) is 0.419. The molecule has 0 saturated heterocycles. The lowest BCUT2D eigenvalue weighted by molar-refractivity contribution is 0.0888. The predicted molar refractivity (Wildman–Crippen MR) is 153 cm³/mol. The van der Waals surface area contributed by atoms with Gasteiger partial charge in [0.2, 0.25) is 0 Å². The molecule has 2 aliphatic rings. The lowest BCUT2D eigenvalue weighted by Gasteiger charge is -2.26. The van der Waals surface area contributed by atoms with Crippen molar-refractivity contribution in [1.29, 1.82) is 0 Å². The largest absolute Gasteiger partial charge is 0.341 e. The SMILES string of the molecule is Cc1c(C2=Nc3nccc(-c4ccc5c(c4)CCCC5NC(=O)c4nc(C(C)(C)C)no4)c3C2)cnn1C(C)C. The molecule has 4 heterocycles. The maximum absolute atomic E-state index is 13.0. The van der Waals surface area contributed by atoms with Crippen LogP contribution in [0.25, 0.3) is 11.1 Å². The van der Waals surface area contributed by atoms with Crippen molar-refractivity contribution in [3.05, 3.63) is 76.3 Å². The van der Waals surface area contributed by atoms with Gasteiger partial charge in [-0.15, -0.1) is 0 Å². The van der Waals surface area contributed by atoms with E-state index in [0.717, 1.165) is 70.7 Å². The fourth-order valence-corrected chi connectivity index (χ4v) is 5.71. The van der Waals surface area contributed by atoms with Gasteiger partial charge in [-0.1, -0.05) is 44.1 Å². The first kappa shape index (κ1) is 26.1. The zero-order chi connectivity index (χ0) is 28.2. The Morgan fingerprint density at radius 1 is 1.18 bits per heavy atom. The lowest BCUT2D eigenvalue weighted by atomic mass is 9.85. The van der Waals surface area contributed by atoms with Crippen molar-refractivity contribution in [2.45, 2.75) is 84.7 Å². The van der Waals surface area contributed by atoms with Crippen molar-refractivity contribution in [2.24, 2.45) is 4.99 Å². The minimum atomic E-state index is -0.336. The van der Waals surface area contributed by atoms with E-state index in [2.05, 4.69) is 70.6 Å². The average molecular weight is 538 g/mol. The number of benzene rings is 1. The molecular formula is C31H35N7O2. The van der Waals surface area contributed by atoms with E-state index in [4.69, 9.17) is 9.52 Å². The summed E-state index contributed by atoms with van der Waals surface area (Å²) in [5, 5.41) is 11.7. The molecule has 0 bridgehead atoms. The Bertz CT molecular complexity index is 1640. The van der Waals surface area contributed by atoms with E-state index in [0.29, 0.717) is 11.9 Å². The van der Waals surface area contributed by atoms with Crippen LogP contribution in [0.4, 0.5) is 5.82 Å². The van der Waals surface area contributed by atoms with Crippen molar-refractivity contribution in [2.75, 3.05) is 0 Å². The Morgan fingerprint density at radius 3 is 2.73 bits per heavy atom. The number of nitrogens with one attached hydrogen (secondary N) is 1. The van der Waals surface area contributed by atoms with E-state index < -0.39 is 0 Å². The minimum absolute atomic E-state index is 0.00555. The summed E-state index contributed by atoms with van der Waals surface area (Å²) in [6, 6.07) is 8.81. The lowest BCUT2D eigenvalue weighted by Crippen LogP contribution is -2.31. The number of hydrogen-bond acceptors (Lipinski definition) is 7. The Kier molecular flexibility index (Phi) is 6.40. The van der Waals surface area contributed by atoms with Gasteiger partial charge in [0.25, 0.3) is 0 Å². The number of hydrogen-bond donors (Lipinski definition) is 1. The molecule has 1 amide bonds. The van der Waals surface area contributed by atoms with E-state index in [-0.39, 0.29) is 23.3 Å². The zero-order valence-electron chi connectivity index (χ0n) is 23.9. The smallest absolute Gasteiger partial charge is 0.315 e. The van der Waals surface area contributed by atoms with Gasteiger partial charge in [0.05, 0.1) is 18.0 Å². The third-order valence-electron chi connectivity index (χ3n) is 7.83. The number of fused-ring (bicyclic) bond motifs is 2. The van der Waals surface area contributed by atoms with Crippen LogP contribution in [0, 0.1) is 6.92 Å². The van der Waals surface area contributed by atoms with Gasteiger partial charge in [0.1, 0.15) is 0 Å². The molecule has 9 nitrogen and oxygen atoms in total. The van der Waals surface area contributed by atoms with E-state index in [1.165, 1.54) is 5.56 Å². The number of pyridine rings is 1. The van der Waals surface area contributed by atoms with Crippen LogP contribution in [0.5, 0.6) is 0 Å². The number of aliphatic imine (C=N–C) groups is 1. The van der Waals surface area contributed by atoms with E-state index >= 15 is 0 Å². The van der Waals surface area contributed by atoms with Crippen molar-refractivity contribution in [3.63, 3.8) is 0 Å². The summed E-state index contributed by atoms with van der Waals surface area (Å²) in [4.78, 5) is 26.8. The molecule has 206 valence electrons. The highest BCUT2D eigenvalue weighted by atomic mass is 16.5. The molecule has 6 rings (SSSR count). The second kappa shape index (κ2) is 9.80. The van der Waals surface area contributed by atoms with Gasteiger partial charge in [-0.05, 0) is 68.4 Å². The summed E-state index contributed by atoms with van der Waals surface area (Å²) < 4.78 is 7.31. The fourth-order valence-electron chi connectivity index (χ4n) is 5.71. The molecule has 1 atom stereocenters. The molecule has 1 aliphatic heterocycles. The van der Waals surface area contributed by atoms with Crippen LogP contribution in [0.1, 0.15) is 104 Å². The number of carbonyl (C=O) groups excluding carboxylic acids is 1. The van der Waals surface area contributed by atoms with Gasteiger partial charge in [0, 0.05) is 40.9 Å². The van der Waals surface area contributed by atoms with Crippen LogP contribution in [0.2, 0.25) is 0 Å². The first-order valence-corrected chi connectivity index (χ1v) is 14.0. The van der Waals surface area contributed by atoms with Gasteiger partial charge >= 0.3 is 11.8 Å². The Balaban J connectivity index is 1.24. The van der Waals surface area contributed by atoms with Crippen LogP contribution in [0.3, 0.4) is 0 Å². The van der Waals surface area contributed by atoms with E-state index in [9.17, 15) is 4.79 Å². The van der Waals surface area contributed by atoms with Crippen molar-refractivity contribution in [3.8, 4) is 11.1 Å². The quantitative estimate of drug-likeness (QED) is 0.334. The summed E-state index contributed by atoms with van der Waals surface area (Å²) in [6.07, 6.45) is 7.30. The predicted octanol–water partition coefficient (Wildman–Crippen LogP) is 6.00. The highest BCUT2D eigenvalue weighted by Gasteiger charge is 2.29. The molecule has 0 radical (unpaired) electrons. The normalized spacial score (nSPS) is 16.6. The molecule has 0 spiro atoms. The molecule has 0 fully saturated rings. The Morgan fingerprint density at radius 2 is 2.00 bits per heavy atom. The van der Waals surface area contributed by atoms with Crippen LogP contribution in [0.15, 0.2) is 46.2 Å². The Hall–Kier alpha value is -4.14. The molecule has 1 unspecified atom stereocenters. The topological polar surface area (TPSA) is 111 Å². The number of carbonyl (C=O) groups is 1. The summed E-state index contributed by atoms with van der Waals surface area (Å²) in [5.74, 6) is 0.970. The second-order valence-corrected chi connectivity index (χ2v) is 12.1. The third kappa shape index (κ3) is 4.63. The average Bonchev–Trinajstić information content (AvgIpc) is 3.66. The number of amides is 1. The molecule has 0 saturated carbocycles. The standard InChI is InChI=1S/C31H35N7O2/c1-17(2)38-18(3)24(16-33-38)26-15-23-21(12-13-32-27(23)34-26)20-10-11-22-19(14-20)8-7-9-25(22)35-28(39)29-36-30(37-40-29)31(4,5)6/h10-14,16-17,25H,7-9,15H2,1-6H3,(H,35,39). The van der Waals surface area contributed by atoms with Crippen LogP contribution in [-0.2, 0) is 18.3 Å². The first-order chi connectivity index (χ1) is 19.1. The van der Waals surface area contributed by atoms with Gasteiger partial charge in [-0.2, -0.15) is 10.1 Å². The summed E-state index contributed by atoms with van der Waals surface area (Å²) in [7, 11) is 0. The summed E-state index contributed by atoms with van der Waals surface area (Å²) >= 11 is 0. The molecule has 1 N–H and O–H groups in total. The number of rotatable bonds is 5. The van der Waals surface area contributed by atoms with Crippen LogP contribution in [-0.4, -0.2) is 36.5 Å². The highest BCUT2D eigenvalue weighted by Crippen LogP contribution is 2.38. The highest BCUT2D eigenvalue weighted by molar-refractivity contribution is 6.08.